The van der Waals surface area contributed by atoms with Crippen molar-refractivity contribution in [1.29, 1.82) is 0 Å². The highest BCUT2D eigenvalue weighted by molar-refractivity contribution is 5.55. The van der Waals surface area contributed by atoms with Crippen molar-refractivity contribution in [1.82, 2.24) is 9.97 Å². The minimum absolute atomic E-state index is 0.772. The molecule has 0 atom stereocenters. The number of allylic oxidation sites excluding steroid dienone is 1. The fraction of sp³-hybridized carbons (Fsp3) is 0.538. The van der Waals surface area contributed by atoms with Crippen LogP contribution in [0, 0.1) is 0 Å². The normalized spacial score (nSPS) is 11.2. The van der Waals surface area contributed by atoms with Crippen LogP contribution < -0.4 is 4.74 Å². The molecule has 0 bridgehead atoms. The van der Waals surface area contributed by atoms with Gasteiger partial charge in [0.2, 0.25) is 0 Å². The standard InChI is InChI=1S/C26H38N2O/c1-3-5-7-9-10-12-14-20-29-25-18-16-24(17-19-25)26-27-21-23(22-28-26)15-13-11-8-6-4-2/h14,16-22H,3-13,15H2,1-2H3/b20-14-. The minimum Gasteiger partial charge on any atom is -0.465 e. The molecule has 1 aromatic carbocycles. The van der Waals surface area contributed by atoms with Gasteiger partial charge in [0, 0.05) is 18.0 Å². The van der Waals surface area contributed by atoms with Crippen molar-refractivity contribution in [2.75, 3.05) is 0 Å². The molecule has 0 saturated carbocycles. The van der Waals surface area contributed by atoms with E-state index in [1.807, 2.05) is 36.7 Å². The summed E-state index contributed by atoms with van der Waals surface area (Å²) in [6.07, 6.45) is 23.0. The molecule has 1 aromatic heterocycles. The number of hydrogen-bond acceptors (Lipinski definition) is 3. The molecule has 0 radical (unpaired) electrons. The molecule has 0 amide bonds. The number of ether oxygens (including phenoxy) is 1. The summed E-state index contributed by atoms with van der Waals surface area (Å²) in [4.78, 5) is 9.09. The Balaban J connectivity index is 1.72. The molecule has 29 heavy (non-hydrogen) atoms. The van der Waals surface area contributed by atoms with Crippen molar-refractivity contribution >= 4 is 0 Å². The zero-order valence-corrected chi connectivity index (χ0v) is 18.4. The topological polar surface area (TPSA) is 35.0 Å². The van der Waals surface area contributed by atoms with Crippen molar-refractivity contribution in [2.24, 2.45) is 0 Å². The first-order valence-electron chi connectivity index (χ1n) is 11.6. The summed E-state index contributed by atoms with van der Waals surface area (Å²) in [6, 6.07) is 8.00. The van der Waals surface area contributed by atoms with Gasteiger partial charge in [-0.15, -0.1) is 0 Å². The average Bonchev–Trinajstić information content (AvgIpc) is 2.76. The lowest BCUT2D eigenvalue weighted by molar-refractivity contribution is 0.477. The maximum absolute atomic E-state index is 5.69. The van der Waals surface area contributed by atoms with E-state index < -0.39 is 0 Å². The Hall–Kier alpha value is -2.16. The molecule has 2 rings (SSSR count). The van der Waals surface area contributed by atoms with Crippen molar-refractivity contribution < 1.29 is 4.74 Å². The SMILES string of the molecule is CCCCCCC/C=C\Oc1ccc(-c2ncc(CCCCCCC)cn2)cc1. The van der Waals surface area contributed by atoms with Crippen LogP contribution in [0.25, 0.3) is 11.4 Å². The van der Waals surface area contributed by atoms with Crippen LogP contribution in [0.15, 0.2) is 49.0 Å². The molecule has 0 fully saturated rings. The van der Waals surface area contributed by atoms with Crippen LogP contribution in [0.2, 0.25) is 0 Å². The monoisotopic (exact) mass is 394 g/mol. The first-order chi connectivity index (χ1) is 14.3. The maximum atomic E-state index is 5.69. The Morgan fingerprint density at radius 3 is 2.03 bits per heavy atom. The van der Waals surface area contributed by atoms with Gasteiger partial charge in [-0.2, -0.15) is 0 Å². The number of benzene rings is 1. The average molecular weight is 395 g/mol. The van der Waals surface area contributed by atoms with Crippen LogP contribution >= 0.6 is 0 Å². The van der Waals surface area contributed by atoms with Gasteiger partial charge in [-0.25, -0.2) is 9.97 Å². The van der Waals surface area contributed by atoms with Crippen LogP contribution in [0.5, 0.6) is 5.75 Å². The number of unbranched alkanes of at least 4 members (excludes halogenated alkanes) is 9. The third-order valence-electron chi connectivity index (χ3n) is 5.16. The van der Waals surface area contributed by atoms with Crippen LogP contribution in [0.3, 0.4) is 0 Å². The summed E-state index contributed by atoms with van der Waals surface area (Å²) < 4.78 is 5.69. The van der Waals surface area contributed by atoms with Crippen LogP contribution in [-0.2, 0) is 6.42 Å². The minimum atomic E-state index is 0.772. The largest absolute Gasteiger partial charge is 0.465 e. The summed E-state index contributed by atoms with van der Waals surface area (Å²) in [6.45, 7) is 4.50. The molecule has 1 heterocycles. The van der Waals surface area contributed by atoms with Gasteiger partial charge in [-0.1, -0.05) is 65.2 Å². The quantitative estimate of drug-likeness (QED) is 0.227. The van der Waals surface area contributed by atoms with Gasteiger partial charge in [0.25, 0.3) is 0 Å². The van der Waals surface area contributed by atoms with Gasteiger partial charge in [-0.05, 0) is 61.6 Å². The smallest absolute Gasteiger partial charge is 0.159 e. The van der Waals surface area contributed by atoms with E-state index in [0.29, 0.717) is 0 Å². The van der Waals surface area contributed by atoms with Crippen LogP contribution in [-0.4, -0.2) is 9.97 Å². The van der Waals surface area contributed by atoms with E-state index >= 15 is 0 Å². The van der Waals surface area contributed by atoms with Gasteiger partial charge < -0.3 is 4.74 Å². The molecule has 0 saturated heterocycles. The highest BCUT2D eigenvalue weighted by atomic mass is 16.5. The molecule has 3 heteroatoms. The first-order valence-corrected chi connectivity index (χ1v) is 11.6. The predicted octanol–water partition coefficient (Wildman–Crippen LogP) is 7.91. The molecule has 0 N–H and O–H groups in total. The molecule has 2 aromatic rings. The van der Waals surface area contributed by atoms with Gasteiger partial charge in [0.15, 0.2) is 5.82 Å². The van der Waals surface area contributed by atoms with E-state index in [-0.39, 0.29) is 0 Å². The summed E-state index contributed by atoms with van der Waals surface area (Å²) in [5, 5.41) is 0. The van der Waals surface area contributed by atoms with Gasteiger partial charge in [0.1, 0.15) is 5.75 Å². The third kappa shape index (κ3) is 9.74. The third-order valence-corrected chi connectivity index (χ3v) is 5.16. The van der Waals surface area contributed by atoms with Gasteiger partial charge in [0.05, 0.1) is 6.26 Å². The molecule has 0 spiro atoms. The number of aromatic nitrogens is 2. The van der Waals surface area contributed by atoms with Crippen LogP contribution in [0.4, 0.5) is 0 Å². The molecule has 0 aliphatic heterocycles. The van der Waals surface area contributed by atoms with E-state index in [1.165, 1.54) is 69.8 Å². The van der Waals surface area contributed by atoms with Crippen molar-refractivity contribution in [3.8, 4) is 17.1 Å². The summed E-state index contributed by atoms with van der Waals surface area (Å²) >= 11 is 0. The lowest BCUT2D eigenvalue weighted by atomic mass is 10.1. The summed E-state index contributed by atoms with van der Waals surface area (Å²) in [7, 11) is 0. The number of hydrogen-bond donors (Lipinski definition) is 0. The predicted molar refractivity (Wildman–Crippen MR) is 123 cm³/mol. The second-order valence-corrected chi connectivity index (χ2v) is 7.80. The number of aryl methyl sites for hydroxylation is 1. The summed E-state index contributed by atoms with van der Waals surface area (Å²) in [5.41, 5.74) is 2.25. The highest BCUT2D eigenvalue weighted by Gasteiger charge is 2.02. The van der Waals surface area contributed by atoms with Crippen molar-refractivity contribution in [3.63, 3.8) is 0 Å². The molecule has 0 unspecified atom stereocenters. The van der Waals surface area contributed by atoms with Crippen LogP contribution in [0.1, 0.15) is 90.0 Å². The molecule has 158 valence electrons. The Labute approximate surface area is 177 Å². The second kappa shape index (κ2) is 14.8. The highest BCUT2D eigenvalue weighted by Crippen LogP contribution is 2.20. The van der Waals surface area contributed by atoms with E-state index in [4.69, 9.17) is 4.74 Å². The summed E-state index contributed by atoms with van der Waals surface area (Å²) in [5.74, 6) is 1.62. The molecule has 3 nitrogen and oxygen atoms in total. The van der Waals surface area contributed by atoms with Gasteiger partial charge >= 0.3 is 0 Å². The zero-order valence-electron chi connectivity index (χ0n) is 18.4. The molecular weight excluding hydrogens is 356 g/mol. The van der Waals surface area contributed by atoms with E-state index in [9.17, 15) is 0 Å². The van der Waals surface area contributed by atoms with E-state index in [0.717, 1.165) is 30.0 Å². The number of nitrogens with zero attached hydrogens (tertiary/aromatic N) is 2. The van der Waals surface area contributed by atoms with Crippen molar-refractivity contribution in [2.45, 2.75) is 90.9 Å². The zero-order chi connectivity index (χ0) is 20.6. The van der Waals surface area contributed by atoms with E-state index in [2.05, 4.69) is 29.9 Å². The lowest BCUT2D eigenvalue weighted by Gasteiger charge is -2.05. The Morgan fingerprint density at radius 2 is 1.38 bits per heavy atom. The second-order valence-electron chi connectivity index (χ2n) is 7.80. The first kappa shape index (κ1) is 23.1. The fourth-order valence-electron chi connectivity index (χ4n) is 3.31. The lowest BCUT2D eigenvalue weighted by Crippen LogP contribution is -1.93. The van der Waals surface area contributed by atoms with Gasteiger partial charge in [-0.3, -0.25) is 0 Å². The Kier molecular flexibility index (Phi) is 11.8. The molecule has 0 aliphatic carbocycles. The Morgan fingerprint density at radius 1 is 0.759 bits per heavy atom. The van der Waals surface area contributed by atoms with Crippen molar-refractivity contribution in [3.05, 3.63) is 54.6 Å². The Bertz CT molecular complexity index is 677. The molecular formula is C26H38N2O. The van der Waals surface area contributed by atoms with E-state index in [1.54, 1.807) is 6.26 Å². The molecule has 0 aliphatic rings. The fourth-order valence-corrected chi connectivity index (χ4v) is 3.31. The maximum Gasteiger partial charge on any atom is 0.159 e. The number of rotatable bonds is 15.